The van der Waals surface area contributed by atoms with E-state index in [0.717, 1.165) is 6.42 Å². The number of hydrogen-bond acceptors (Lipinski definition) is 7. The predicted molar refractivity (Wildman–Crippen MR) is 107 cm³/mol. The summed E-state index contributed by atoms with van der Waals surface area (Å²) < 4.78 is 6.71. The number of carboxylic acid groups (broad SMARTS) is 1. The number of rotatable bonds is 11. The van der Waals surface area contributed by atoms with Crippen molar-refractivity contribution in [2.75, 3.05) is 13.1 Å². The Hall–Kier alpha value is -2.72. The summed E-state index contributed by atoms with van der Waals surface area (Å²) in [5.41, 5.74) is 11.7. The Balaban J connectivity index is 2.00. The number of carbonyl (C=O) groups is 4. The van der Waals surface area contributed by atoms with Gasteiger partial charge in [-0.15, -0.1) is 0 Å². The fourth-order valence-corrected chi connectivity index (χ4v) is 3.54. The third kappa shape index (κ3) is 5.90. The second-order valence-corrected chi connectivity index (χ2v) is 7.48. The first kappa shape index (κ1) is 23.6. The van der Waals surface area contributed by atoms with E-state index in [0.29, 0.717) is 44.5 Å². The van der Waals surface area contributed by atoms with Gasteiger partial charge < -0.3 is 30.8 Å². The van der Waals surface area contributed by atoms with Gasteiger partial charge in [0.2, 0.25) is 12.0 Å². The lowest BCUT2D eigenvalue weighted by atomic mass is 10.1. The summed E-state index contributed by atoms with van der Waals surface area (Å²) in [4.78, 5) is 50.6. The molecule has 0 saturated carbocycles. The Labute approximate surface area is 175 Å². The van der Waals surface area contributed by atoms with Crippen LogP contribution in [0.3, 0.4) is 0 Å². The Morgan fingerprint density at radius 2 is 2.03 bits per heavy atom. The van der Waals surface area contributed by atoms with Crippen molar-refractivity contribution in [1.82, 2.24) is 9.47 Å². The van der Waals surface area contributed by atoms with Crippen LogP contribution < -0.4 is 11.5 Å². The lowest BCUT2D eigenvalue weighted by molar-refractivity contribution is -0.168. The molecule has 0 bridgehead atoms. The zero-order valence-electron chi connectivity index (χ0n) is 17.2. The number of aryl methyl sites for hydroxylation is 1. The highest BCUT2D eigenvalue weighted by Crippen LogP contribution is 2.21. The first-order valence-corrected chi connectivity index (χ1v) is 10.1. The third-order valence-corrected chi connectivity index (χ3v) is 5.23. The maximum Gasteiger partial charge on any atom is 0.345 e. The van der Waals surface area contributed by atoms with E-state index in [1.165, 1.54) is 4.90 Å². The maximum atomic E-state index is 12.6. The molecule has 1 saturated heterocycles. The first-order chi connectivity index (χ1) is 14.3. The molecule has 1 aromatic heterocycles. The van der Waals surface area contributed by atoms with Gasteiger partial charge in [-0.1, -0.05) is 6.42 Å². The number of esters is 1. The molecule has 3 atom stereocenters. The molecule has 1 aliphatic heterocycles. The summed E-state index contributed by atoms with van der Waals surface area (Å²) in [6.07, 6.45) is 2.40. The largest absolute Gasteiger partial charge is 0.478 e. The molecule has 2 rings (SSSR count). The molecule has 1 aromatic rings. The van der Waals surface area contributed by atoms with Crippen LogP contribution in [0.2, 0.25) is 0 Å². The number of hydrogen-bond donors (Lipinski definition) is 3. The average Bonchev–Trinajstić information content (AvgIpc) is 3.35. The molecule has 0 spiro atoms. The standard InChI is InChI=1S/C20H30N4O6/c1-23-10-4-7-14(23)16(25)12-17(19(27)28)30-20(29)15-8-5-11-24(15)18(26)13(22)6-2-3-9-21/h4,7,10,13,15,17H,2-3,5-6,8-9,11-12,21-22H2,1H3,(H,27,28)/t13-,15-,17?/m0/s1. The third-order valence-electron chi connectivity index (χ3n) is 5.23. The van der Waals surface area contributed by atoms with Crippen molar-refractivity contribution in [3.8, 4) is 0 Å². The van der Waals surface area contributed by atoms with Crippen LogP contribution >= 0.6 is 0 Å². The number of aromatic nitrogens is 1. The maximum absolute atomic E-state index is 12.6. The number of ether oxygens (including phenoxy) is 1. The monoisotopic (exact) mass is 422 g/mol. The molecule has 0 aliphatic carbocycles. The zero-order chi connectivity index (χ0) is 22.3. The van der Waals surface area contributed by atoms with Crippen LogP contribution in [0.25, 0.3) is 0 Å². The Morgan fingerprint density at radius 1 is 1.30 bits per heavy atom. The molecular formula is C20H30N4O6. The SMILES string of the molecule is Cn1cccc1C(=O)CC(OC(=O)[C@@H]1CCCN1C(=O)[C@@H](N)CCCCN)C(=O)O. The van der Waals surface area contributed by atoms with E-state index in [-0.39, 0.29) is 5.91 Å². The van der Waals surface area contributed by atoms with E-state index >= 15 is 0 Å². The van der Waals surface area contributed by atoms with E-state index in [4.69, 9.17) is 16.2 Å². The van der Waals surface area contributed by atoms with Crippen LogP contribution in [0.1, 0.15) is 49.0 Å². The van der Waals surface area contributed by atoms with Crippen molar-refractivity contribution in [1.29, 1.82) is 0 Å². The number of carboxylic acids is 1. The quantitative estimate of drug-likeness (QED) is 0.256. The van der Waals surface area contributed by atoms with Gasteiger partial charge in [0, 0.05) is 19.8 Å². The number of nitrogens with zero attached hydrogens (tertiary/aromatic N) is 2. The van der Waals surface area contributed by atoms with Crippen molar-refractivity contribution in [3.63, 3.8) is 0 Å². The van der Waals surface area contributed by atoms with Gasteiger partial charge in [0.15, 0.2) is 5.78 Å². The van der Waals surface area contributed by atoms with Crippen molar-refractivity contribution >= 4 is 23.6 Å². The lowest BCUT2D eigenvalue weighted by Crippen LogP contribution is -2.49. The molecule has 10 heteroatoms. The number of aliphatic carboxylic acids is 1. The van der Waals surface area contributed by atoms with E-state index in [1.807, 2.05) is 0 Å². The van der Waals surface area contributed by atoms with Crippen molar-refractivity contribution in [3.05, 3.63) is 24.0 Å². The number of likely N-dealkylation sites (tertiary alicyclic amines) is 1. The van der Waals surface area contributed by atoms with Gasteiger partial charge in [0.25, 0.3) is 0 Å². The number of ketones is 1. The first-order valence-electron chi connectivity index (χ1n) is 10.1. The second-order valence-electron chi connectivity index (χ2n) is 7.48. The summed E-state index contributed by atoms with van der Waals surface area (Å²) in [6.45, 7) is 0.862. The molecule has 10 nitrogen and oxygen atoms in total. The summed E-state index contributed by atoms with van der Waals surface area (Å²) in [7, 11) is 1.66. The molecule has 1 amide bonds. The molecule has 5 N–H and O–H groups in total. The molecule has 2 heterocycles. The predicted octanol–water partition coefficient (Wildman–Crippen LogP) is 0.0416. The minimum atomic E-state index is -1.63. The summed E-state index contributed by atoms with van der Waals surface area (Å²) in [5.74, 6) is -3.07. The Kier molecular flexibility index (Phi) is 8.55. The van der Waals surface area contributed by atoms with Crippen LogP contribution in [0.15, 0.2) is 18.3 Å². The molecule has 166 valence electrons. The van der Waals surface area contributed by atoms with Crippen LogP contribution in [0.5, 0.6) is 0 Å². The van der Waals surface area contributed by atoms with Crippen LogP contribution in [0.4, 0.5) is 0 Å². The summed E-state index contributed by atoms with van der Waals surface area (Å²) >= 11 is 0. The van der Waals surface area contributed by atoms with Crippen LogP contribution in [-0.2, 0) is 26.2 Å². The fourth-order valence-electron chi connectivity index (χ4n) is 3.54. The Bertz CT molecular complexity index is 777. The van der Waals surface area contributed by atoms with E-state index < -0.39 is 42.3 Å². The summed E-state index contributed by atoms with van der Waals surface area (Å²) in [5, 5.41) is 9.42. The number of amides is 1. The van der Waals surface area contributed by atoms with Gasteiger partial charge in [-0.05, 0) is 44.4 Å². The topological polar surface area (TPSA) is 158 Å². The molecule has 0 radical (unpaired) electrons. The van der Waals surface area contributed by atoms with Crippen molar-refractivity contribution in [2.45, 2.75) is 56.7 Å². The summed E-state index contributed by atoms with van der Waals surface area (Å²) in [6, 6.07) is 1.57. The van der Waals surface area contributed by atoms with E-state index in [9.17, 15) is 24.3 Å². The van der Waals surface area contributed by atoms with Gasteiger partial charge in [-0.2, -0.15) is 0 Å². The highest BCUT2D eigenvalue weighted by Gasteiger charge is 2.39. The smallest absolute Gasteiger partial charge is 0.345 e. The van der Waals surface area contributed by atoms with Crippen molar-refractivity contribution in [2.24, 2.45) is 18.5 Å². The van der Waals surface area contributed by atoms with Gasteiger partial charge in [0.05, 0.1) is 18.2 Å². The molecule has 1 unspecified atom stereocenters. The number of carbonyl (C=O) groups excluding carboxylic acids is 3. The molecule has 30 heavy (non-hydrogen) atoms. The normalized spacial score (nSPS) is 18.1. The Morgan fingerprint density at radius 3 is 2.63 bits per heavy atom. The van der Waals surface area contributed by atoms with E-state index in [1.54, 1.807) is 29.9 Å². The molecular weight excluding hydrogens is 392 g/mol. The van der Waals surface area contributed by atoms with Gasteiger partial charge >= 0.3 is 11.9 Å². The number of Topliss-reactive ketones (excluding diaryl/α,β-unsaturated/α-hetero) is 1. The van der Waals surface area contributed by atoms with Crippen molar-refractivity contribution < 1.29 is 29.0 Å². The molecule has 1 aliphatic rings. The van der Waals surface area contributed by atoms with Gasteiger partial charge in [0.1, 0.15) is 6.04 Å². The molecule has 0 aromatic carbocycles. The minimum Gasteiger partial charge on any atom is -0.478 e. The second kappa shape index (κ2) is 10.9. The lowest BCUT2D eigenvalue weighted by Gasteiger charge is -2.27. The van der Waals surface area contributed by atoms with Crippen LogP contribution in [0, 0.1) is 0 Å². The fraction of sp³-hybridized carbons (Fsp3) is 0.600. The van der Waals surface area contributed by atoms with Crippen LogP contribution in [-0.4, -0.2) is 69.5 Å². The van der Waals surface area contributed by atoms with Gasteiger partial charge in [-0.3, -0.25) is 9.59 Å². The highest BCUT2D eigenvalue weighted by atomic mass is 16.6. The van der Waals surface area contributed by atoms with E-state index in [2.05, 4.69) is 0 Å². The number of nitrogens with two attached hydrogens (primary N) is 2. The molecule has 1 fully saturated rings. The number of unbranched alkanes of at least 4 members (excludes halogenated alkanes) is 1. The highest BCUT2D eigenvalue weighted by molar-refractivity contribution is 5.98. The average molecular weight is 422 g/mol. The zero-order valence-corrected chi connectivity index (χ0v) is 17.2. The van der Waals surface area contributed by atoms with Gasteiger partial charge in [-0.25, -0.2) is 9.59 Å². The minimum absolute atomic E-state index is 0.318.